The largest absolute Gasteiger partial charge is 0.357 e. The molecule has 0 aliphatic rings. The zero-order valence-electron chi connectivity index (χ0n) is 11.4. The first-order chi connectivity index (χ1) is 8.33. The van der Waals surface area contributed by atoms with Crippen LogP contribution < -0.4 is 10.2 Å². The van der Waals surface area contributed by atoms with Crippen LogP contribution in [0.4, 0.5) is 5.82 Å². The smallest absolute Gasteiger partial charge is 0.132 e. The molecule has 1 N–H and O–H groups in total. The molecule has 1 rings (SSSR count). The second-order valence-electron chi connectivity index (χ2n) is 4.24. The Balaban J connectivity index is 2.74. The van der Waals surface area contributed by atoms with Crippen LogP contribution in [0.25, 0.3) is 0 Å². The van der Waals surface area contributed by atoms with E-state index >= 15 is 0 Å². The Hall–Kier alpha value is -1.09. The second-order valence-corrected chi connectivity index (χ2v) is 4.24. The van der Waals surface area contributed by atoms with Gasteiger partial charge in [0.1, 0.15) is 5.82 Å². The van der Waals surface area contributed by atoms with Crippen molar-refractivity contribution in [1.29, 1.82) is 0 Å². The lowest BCUT2D eigenvalue weighted by Crippen LogP contribution is -2.27. The van der Waals surface area contributed by atoms with Crippen LogP contribution in [0.15, 0.2) is 18.3 Å². The van der Waals surface area contributed by atoms with E-state index in [-0.39, 0.29) is 0 Å². The van der Waals surface area contributed by atoms with Crippen molar-refractivity contribution in [1.82, 2.24) is 10.3 Å². The van der Waals surface area contributed by atoms with E-state index < -0.39 is 0 Å². The molecule has 0 bridgehead atoms. The third kappa shape index (κ3) is 4.35. The fraction of sp³-hybridized carbons (Fsp3) is 0.643. The Kier molecular flexibility index (Phi) is 6.63. The van der Waals surface area contributed by atoms with Crippen molar-refractivity contribution in [3.05, 3.63) is 23.9 Å². The topological polar surface area (TPSA) is 28.2 Å². The molecule has 0 unspecified atom stereocenters. The van der Waals surface area contributed by atoms with Gasteiger partial charge in [-0.2, -0.15) is 0 Å². The van der Waals surface area contributed by atoms with Gasteiger partial charge in [-0.25, -0.2) is 4.98 Å². The van der Waals surface area contributed by atoms with E-state index in [4.69, 9.17) is 0 Å². The third-order valence-corrected chi connectivity index (χ3v) is 2.78. The summed E-state index contributed by atoms with van der Waals surface area (Å²) >= 11 is 0. The second kappa shape index (κ2) is 8.07. The highest BCUT2D eigenvalue weighted by molar-refractivity contribution is 5.46. The van der Waals surface area contributed by atoms with Crippen molar-refractivity contribution in [3.8, 4) is 0 Å². The van der Waals surface area contributed by atoms with E-state index in [1.807, 2.05) is 12.3 Å². The van der Waals surface area contributed by atoms with Crippen molar-refractivity contribution in [2.24, 2.45) is 0 Å². The van der Waals surface area contributed by atoms with Crippen molar-refractivity contribution < 1.29 is 0 Å². The monoisotopic (exact) mass is 235 g/mol. The van der Waals surface area contributed by atoms with Gasteiger partial charge in [-0.1, -0.05) is 19.9 Å². The molecule has 0 aromatic carbocycles. The molecular formula is C14H25N3. The Bertz CT molecular complexity index is 312. The van der Waals surface area contributed by atoms with Gasteiger partial charge in [0, 0.05) is 31.4 Å². The first-order valence-corrected chi connectivity index (χ1v) is 6.73. The molecule has 17 heavy (non-hydrogen) atoms. The summed E-state index contributed by atoms with van der Waals surface area (Å²) in [6, 6.07) is 4.19. The van der Waals surface area contributed by atoms with Crippen LogP contribution in [-0.2, 0) is 6.54 Å². The molecule has 0 saturated heterocycles. The summed E-state index contributed by atoms with van der Waals surface area (Å²) in [6.07, 6.45) is 4.21. The quantitative estimate of drug-likeness (QED) is 0.702. The normalized spacial score (nSPS) is 10.5. The molecule has 0 spiro atoms. The first-order valence-electron chi connectivity index (χ1n) is 6.73. The minimum Gasteiger partial charge on any atom is -0.357 e. The van der Waals surface area contributed by atoms with Gasteiger partial charge in [-0.3, -0.25) is 0 Å². The molecule has 1 heterocycles. The summed E-state index contributed by atoms with van der Waals surface area (Å²) in [5.41, 5.74) is 1.30. The maximum atomic E-state index is 4.53. The first kappa shape index (κ1) is 14.0. The van der Waals surface area contributed by atoms with Gasteiger partial charge in [0.05, 0.1) is 0 Å². The Morgan fingerprint density at radius 2 is 2.06 bits per heavy atom. The van der Waals surface area contributed by atoms with Crippen molar-refractivity contribution in [3.63, 3.8) is 0 Å². The van der Waals surface area contributed by atoms with Gasteiger partial charge in [0.15, 0.2) is 0 Å². The Morgan fingerprint density at radius 1 is 1.24 bits per heavy atom. The molecule has 0 radical (unpaired) electrons. The molecule has 0 atom stereocenters. The van der Waals surface area contributed by atoms with Crippen LogP contribution in [-0.4, -0.2) is 24.6 Å². The minimum absolute atomic E-state index is 0.914. The molecule has 0 amide bonds. The van der Waals surface area contributed by atoms with E-state index in [9.17, 15) is 0 Å². The molecular weight excluding hydrogens is 210 g/mol. The number of nitrogens with zero attached hydrogens (tertiary/aromatic N) is 2. The molecule has 0 aliphatic carbocycles. The van der Waals surface area contributed by atoms with Crippen LogP contribution >= 0.6 is 0 Å². The summed E-state index contributed by atoms with van der Waals surface area (Å²) in [7, 11) is 0. The van der Waals surface area contributed by atoms with E-state index in [2.05, 4.69) is 42.0 Å². The summed E-state index contributed by atoms with van der Waals surface area (Å²) < 4.78 is 0. The number of rotatable bonds is 8. The molecule has 0 fully saturated rings. The molecule has 3 nitrogen and oxygen atoms in total. The highest BCUT2D eigenvalue weighted by Gasteiger charge is 2.09. The number of anilines is 1. The van der Waals surface area contributed by atoms with Crippen molar-refractivity contribution in [2.45, 2.75) is 40.2 Å². The van der Waals surface area contributed by atoms with Crippen LogP contribution in [0.1, 0.15) is 39.2 Å². The molecule has 3 heteroatoms. The average molecular weight is 235 g/mol. The van der Waals surface area contributed by atoms with Crippen molar-refractivity contribution in [2.75, 3.05) is 24.5 Å². The number of aromatic nitrogens is 1. The van der Waals surface area contributed by atoms with Crippen LogP contribution in [0.5, 0.6) is 0 Å². The highest BCUT2D eigenvalue weighted by atomic mass is 15.2. The molecule has 1 aromatic rings. The number of pyridine rings is 1. The van der Waals surface area contributed by atoms with E-state index in [0.717, 1.165) is 38.4 Å². The zero-order valence-corrected chi connectivity index (χ0v) is 11.4. The number of hydrogen-bond donors (Lipinski definition) is 1. The fourth-order valence-corrected chi connectivity index (χ4v) is 1.94. The van der Waals surface area contributed by atoms with Gasteiger partial charge < -0.3 is 10.2 Å². The van der Waals surface area contributed by atoms with Crippen LogP contribution in [0.3, 0.4) is 0 Å². The predicted molar refractivity (Wildman–Crippen MR) is 74.4 cm³/mol. The van der Waals surface area contributed by atoms with Gasteiger partial charge in [-0.05, 0) is 32.4 Å². The Morgan fingerprint density at radius 3 is 2.71 bits per heavy atom. The minimum atomic E-state index is 0.914. The van der Waals surface area contributed by atoms with E-state index in [1.54, 1.807) is 0 Å². The molecule has 1 aromatic heterocycles. The predicted octanol–water partition coefficient (Wildman–Crippen LogP) is 2.82. The van der Waals surface area contributed by atoms with Crippen LogP contribution in [0.2, 0.25) is 0 Å². The lowest BCUT2D eigenvalue weighted by molar-refractivity contribution is 0.668. The molecule has 0 saturated carbocycles. The maximum absolute atomic E-state index is 4.53. The fourth-order valence-electron chi connectivity index (χ4n) is 1.94. The summed E-state index contributed by atoms with van der Waals surface area (Å²) in [6.45, 7) is 10.7. The molecule has 96 valence electrons. The standard InChI is InChI=1S/C14H25N3/c1-4-9-15-12-13-8-7-10-16-14(13)17(6-3)11-5-2/h7-8,10,15H,4-6,9,11-12H2,1-3H3. The summed E-state index contributed by atoms with van der Waals surface area (Å²) in [5.74, 6) is 1.14. The lowest BCUT2D eigenvalue weighted by Gasteiger charge is -2.23. The number of nitrogens with one attached hydrogen (secondary N) is 1. The number of hydrogen-bond acceptors (Lipinski definition) is 3. The maximum Gasteiger partial charge on any atom is 0.132 e. The summed E-state index contributed by atoms with van der Waals surface area (Å²) in [4.78, 5) is 6.88. The van der Waals surface area contributed by atoms with Crippen molar-refractivity contribution >= 4 is 5.82 Å². The molecule has 0 aliphatic heterocycles. The zero-order chi connectivity index (χ0) is 12.5. The Labute approximate surface area is 105 Å². The average Bonchev–Trinajstić information content (AvgIpc) is 2.37. The van der Waals surface area contributed by atoms with Gasteiger partial charge in [0.2, 0.25) is 0 Å². The van der Waals surface area contributed by atoms with Crippen LogP contribution in [0, 0.1) is 0 Å². The van der Waals surface area contributed by atoms with Gasteiger partial charge in [0.25, 0.3) is 0 Å². The lowest BCUT2D eigenvalue weighted by atomic mass is 10.2. The highest BCUT2D eigenvalue weighted by Crippen LogP contribution is 2.17. The summed E-state index contributed by atoms with van der Waals surface area (Å²) in [5, 5.41) is 3.45. The van der Waals surface area contributed by atoms with E-state index in [0.29, 0.717) is 0 Å². The van der Waals surface area contributed by atoms with E-state index in [1.165, 1.54) is 12.0 Å². The SMILES string of the molecule is CCCNCc1cccnc1N(CC)CCC. The van der Waals surface area contributed by atoms with Gasteiger partial charge in [-0.15, -0.1) is 0 Å². The van der Waals surface area contributed by atoms with Gasteiger partial charge >= 0.3 is 0 Å². The third-order valence-electron chi connectivity index (χ3n) is 2.78.